The van der Waals surface area contributed by atoms with Gasteiger partial charge in [0.05, 0.1) is 19.3 Å². The molecule has 0 saturated heterocycles. The highest BCUT2D eigenvalue weighted by Crippen LogP contribution is 2.50. The van der Waals surface area contributed by atoms with Crippen LogP contribution in [0.15, 0.2) is 71.6 Å². The third-order valence-electron chi connectivity index (χ3n) is 5.29. The first-order valence-corrected chi connectivity index (χ1v) is 9.49. The number of ether oxygens (including phenoxy) is 2. The highest BCUT2D eigenvalue weighted by molar-refractivity contribution is 5.63. The van der Waals surface area contributed by atoms with Crippen LogP contribution in [0.5, 0.6) is 23.1 Å². The highest BCUT2D eigenvalue weighted by atomic mass is 16.5. The van der Waals surface area contributed by atoms with Crippen LogP contribution in [0, 0.1) is 0 Å². The predicted octanol–water partition coefficient (Wildman–Crippen LogP) is 3.59. The molecule has 0 radical (unpaired) electrons. The monoisotopic (exact) mass is 402 g/mol. The van der Waals surface area contributed by atoms with E-state index in [9.17, 15) is 5.11 Å². The van der Waals surface area contributed by atoms with E-state index >= 15 is 0 Å². The molecule has 0 fully saturated rings. The number of benzene rings is 2. The van der Waals surface area contributed by atoms with Gasteiger partial charge in [0, 0.05) is 17.2 Å². The molecule has 0 saturated carbocycles. The van der Waals surface area contributed by atoms with Gasteiger partial charge >= 0.3 is 5.88 Å². The van der Waals surface area contributed by atoms with Gasteiger partial charge in [-0.25, -0.2) is 4.57 Å². The van der Waals surface area contributed by atoms with Crippen molar-refractivity contribution in [2.24, 2.45) is 0 Å². The Morgan fingerprint density at radius 3 is 2.80 bits per heavy atom. The number of fused-ring (bicyclic) bond motifs is 2. The molecule has 2 aromatic carbocycles. The van der Waals surface area contributed by atoms with E-state index < -0.39 is 0 Å². The first kappa shape index (κ1) is 18.1. The first-order valence-electron chi connectivity index (χ1n) is 9.49. The third kappa shape index (κ3) is 2.91. The zero-order valence-electron chi connectivity index (χ0n) is 16.3. The predicted molar refractivity (Wildman–Crippen MR) is 109 cm³/mol. The minimum Gasteiger partial charge on any atom is -0.508 e. The Morgan fingerprint density at radius 2 is 2.00 bits per heavy atom. The maximum absolute atomic E-state index is 9.97. The molecule has 0 bridgehead atoms. The summed E-state index contributed by atoms with van der Waals surface area (Å²) in [7, 11) is 1.64. The van der Waals surface area contributed by atoms with Crippen molar-refractivity contribution in [2.45, 2.75) is 12.5 Å². The molecule has 150 valence electrons. The van der Waals surface area contributed by atoms with Crippen LogP contribution in [0.4, 0.5) is 5.82 Å². The Labute approximate surface area is 172 Å². The van der Waals surface area contributed by atoms with Gasteiger partial charge in [-0.3, -0.25) is 0 Å². The number of hydrogen-bond acceptors (Lipinski definition) is 6. The summed E-state index contributed by atoms with van der Waals surface area (Å²) in [6.07, 6.45) is 3.26. The van der Waals surface area contributed by atoms with Gasteiger partial charge in [-0.15, -0.1) is 0 Å². The summed E-state index contributed by atoms with van der Waals surface area (Å²) in [5.41, 5.74) is 9.18. The largest absolute Gasteiger partial charge is 0.508 e. The number of phenols is 1. The number of nitrogen functional groups attached to an aromatic ring is 1. The van der Waals surface area contributed by atoms with Crippen molar-refractivity contribution in [1.29, 1.82) is 0 Å². The van der Waals surface area contributed by atoms with E-state index in [2.05, 4.69) is 4.98 Å². The van der Waals surface area contributed by atoms with E-state index in [0.717, 1.165) is 28.2 Å². The molecule has 1 aliphatic rings. The number of aromatic nitrogens is 2. The highest BCUT2D eigenvalue weighted by Gasteiger charge is 2.37. The second kappa shape index (κ2) is 7.11. The zero-order chi connectivity index (χ0) is 20.7. The Balaban J connectivity index is 1.73. The van der Waals surface area contributed by atoms with Crippen LogP contribution in [0.3, 0.4) is 0 Å². The number of hydrogen-bond donors (Lipinski definition) is 2. The molecule has 2 aromatic heterocycles. The minimum absolute atomic E-state index is 0.118. The van der Waals surface area contributed by atoms with Gasteiger partial charge in [-0.1, -0.05) is 29.2 Å². The fourth-order valence-electron chi connectivity index (χ4n) is 3.90. The van der Waals surface area contributed by atoms with Crippen molar-refractivity contribution < 1.29 is 23.6 Å². The van der Waals surface area contributed by atoms with Crippen molar-refractivity contribution >= 4 is 5.82 Å². The number of para-hydroxylation sites is 1. The van der Waals surface area contributed by atoms with Gasteiger partial charge in [-0.05, 0) is 24.3 Å². The van der Waals surface area contributed by atoms with E-state index in [1.807, 2.05) is 47.0 Å². The molecule has 1 atom stereocenters. The van der Waals surface area contributed by atoms with E-state index in [4.69, 9.17) is 19.6 Å². The molecule has 4 aromatic rings. The second-order valence-electron chi connectivity index (χ2n) is 7.06. The summed E-state index contributed by atoms with van der Waals surface area (Å²) in [5.74, 6) is 2.79. The van der Waals surface area contributed by atoms with Crippen LogP contribution < -0.4 is 19.8 Å². The van der Waals surface area contributed by atoms with Crippen LogP contribution in [0.2, 0.25) is 0 Å². The van der Waals surface area contributed by atoms with Crippen molar-refractivity contribution in [1.82, 2.24) is 4.98 Å². The fraction of sp³-hybridized carbons (Fsp3) is 0.130. The van der Waals surface area contributed by atoms with Gasteiger partial charge in [0.1, 0.15) is 35.1 Å². The summed E-state index contributed by atoms with van der Waals surface area (Å²) in [6.45, 7) is 0.445. The molecule has 0 unspecified atom stereocenters. The van der Waals surface area contributed by atoms with Crippen molar-refractivity contribution in [3.63, 3.8) is 0 Å². The number of furan rings is 1. The van der Waals surface area contributed by atoms with E-state index in [-0.39, 0.29) is 11.7 Å². The van der Waals surface area contributed by atoms with Crippen LogP contribution in [-0.4, -0.2) is 17.2 Å². The molecule has 1 aliphatic heterocycles. The molecule has 7 heteroatoms. The quantitative estimate of drug-likeness (QED) is 0.446. The van der Waals surface area contributed by atoms with Crippen LogP contribution in [0.25, 0.3) is 0 Å². The zero-order valence-corrected chi connectivity index (χ0v) is 16.3. The summed E-state index contributed by atoms with van der Waals surface area (Å²) in [4.78, 5) is 4.52. The summed E-state index contributed by atoms with van der Waals surface area (Å²) in [5, 5.41) is 9.97. The lowest BCUT2D eigenvalue weighted by Crippen LogP contribution is -2.40. The summed E-state index contributed by atoms with van der Waals surface area (Å²) in [6, 6.07) is 16.6. The van der Waals surface area contributed by atoms with Crippen molar-refractivity contribution in [3.8, 4) is 23.1 Å². The smallest absolute Gasteiger partial charge is 0.306 e. The first-order chi connectivity index (χ1) is 14.7. The molecule has 3 N–H and O–H groups in total. The lowest BCUT2D eigenvalue weighted by molar-refractivity contribution is -0.679. The average Bonchev–Trinajstić information content (AvgIpc) is 3.27. The lowest BCUT2D eigenvalue weighted by Gasteiger charge is -2.28. The number of nitrogens with zero attached hydrogens (tertiary/aromatic N) is 2. The Bertz CT molecular complexity index is 1220. The second-order valence-corrected chi connectivity index (χ2v) is 7.06. The molecule has 5 rings (SSSR count). The van der Waals surface area contributed by atoms with Crippen LogP contribution >= 0.6 is 0 Å². The Morgan fingerprint density at radius 1 is 1.13 bits per heavy atom. The molecule has 0 spiro atoms. The molecule has 30 heavy (non-hydrogen) atoms. The van der Waals surface area contributed by atoms with Gasteiger partial charge < -0.3 is 24.7 Å². The summed E-state index contributed by atoms with van der Waals surface area (Å²) < 4.78 is 19.0. The number of anilines is 1. The lowest BCUT2D eigenvalue weighted by atomic mass is 9.83. The Hall–Kier alpha value is -4.00. The maximum atomic E-state index is 9.97. The number of phenolic OH excluding ortho intramolecular Hbond substituents is 1. The van der Waals surface area contributed by atoms with Crippen molar-refractivity contribution in [2.75, 3.05) is 12.8 Å². The van der Waals surface area contributed by atoms with Gasteiger partial charge in [-0.2, -0.15) is 0 Å². The SMILES string of the molecule is COc1ccccc1[C@@H]1c2ccc(O)cc2Oc2nc[n+](Cc3ccco3)c(N)c21. The standard InChI is InChI=1S/C23H19N3O4/c1-28-18-7-3-2-6-16(18)20-17-9-8-14(27)11-19(17)30-23-21(20)22(24)26(13-25-23)12-15-5-4-10-29-15/h2-11,13,20,24,27H,12H2,1H3/p+1/t20-/m1/s1. The van der Waals surface area contributed by atoms with E-state index in [1.165, 1.54) is 0 Å². The fourth-order valence-corrected chi connectivity index (χ4v) is 3.90. The average molecular weight is 402 g/mol. The van der Waals surface area contributed by atoms with Crippen LogP contribution in [-0.2, 0) is 6.54 Å². The normalized spacial score (nSPS) is 14.5. The van der Waals surface area contributed by atoms with Crippen LogP contribution in [0.1, 0.15) is 28.4 Å². The molecular formula is C23H20N3O4+. The number of nitrogens with two attached hydrogens (primary N) is 1. The molecule has 3 heterocycles. The Kier molecular flexibility index (Phi) is 4.28. The summed E-state index contributed by atoms with van der Waals surface area (Å²) >= 11 is 0. The molecule has 7 nitrogen and oxygen atoms in total. The van der Waals surface area contributed by atoms with E-state index in [0.29, 0.717) is 24.0 Å². The minimum atomic E-state index is -0.281. The maximum Gasteiger partial charge on any atom is 0.306 e. The molecule has 0 aliphatic carbocycles. The molecular weight excluding hydrogens is 382 g/mol. The number of rotatable bonds is 4. The third-order valence-corrected chi connectivity index (χ3v) is 5.29. The van der Waals surface area contributed by atoms with Gasteiger partial charge in [0.2, 0.25) is 12.1 Å². The van der Waals surface area contributed by atoms with Crippen molar-refractivity contribution in [3.05, 3.63) is 89.6 Å². The number of methoxy groups -OCH3 is 1. The topological polar surface area (TPSA) is 94.6 Å². The van der Waals surface area contributed by atoms with Gasteiger partial charge in [0.15, 0.2) is 0 Å². The van der Waals surface area contributed by atoms with E-state index in [1.54, 1.807) is 31.8 Å². The van der Waals surface area contributed by atoms with Gasteiger partial charge in [0.25, 0.3) is 0 Å². The number of aromatic hydroxyl groups is 1. The molecule has 0 amide bonds.